The molecule has 65 heavy (non-hydrogen) atoms. The number of nitrogens with two attached hydrogens (primary N) is 2. The first-order chi connectivity index (χ1) is 31.6. The van der Waals surface area contributed by atoms with Gasteiger partial charge in [-0.1, -0.05) is 62.1 Å². The Hall–Kier alpha value is -6.88. The summed E-state index contributed by atoms with van der Waals surface area (Å²) < 4.78 is 2.18. The van der Waals surface area contributed by atoms with Gasteiger partial charge in [0.05, 0.1) is 0 Å². The summed E-state index contributed by atoms with van der Waals surface area (Å²) in [6.07, 6.45) is 15.1. The smallest absolute Gasteiger partial charge is 0.251 e. The van der Waals surface area contributed by atoms with Crippen molar-refractivity contribution in [2.45, 2.75) is 85.0 Å². The number of nitrogen functional groups attached to an aromatic ring is 2. The van der Waals surface area contributed by atoms with Crippen molar-refractivity contribution in [3.63, 3.8) is 0 Å². The van der Waals surface area contributed by atoms with Gasteiger partial charge >= 0.3 is 0 Å². The van der Waals surface area contributed by atoms with E-state index in [4.69, 9.17) is 16.5 Å². The molecule has 7 rings (SSSR count). The standard InChI is InChI=1S/C54H65N9O2/c1-36-15-9-10-16-45(36)58-27-11-5-7-13-29-60-53(64)41-21-17-39(18-22-41)40-19-23-42(24-20-40)54(65)61-30-14-8-6-12-28-59-47-35-52-49(32-38(47)3)62-48-31-37(2)46(57-4)34-51(48)63(52)50-26-25-43(55)33-44(50)56/h15-26,31-35,58H,5-14,27-30,55-56H2,1-4H3,(H3,57,59,60,61,64,65)/p+1. The lowest BCUT2D eigenvalue weighted by atomic mass is 10.0. The molecular weight excluding hydrogens is 807 g/mol. The van der Waals surface area contributed by atoms with E-state index in [1.165, 1.54) is 11.3 Å². The number of hydrogen-bond donors (Lipinski definition) is 7. The summed E-state index contributed by atoms with van der Waals surface area (Å²) in [6.45, 7) is 9.47. The average molecular weight is 873 g/mol. The summed E-state index contributed by atoms with van der Waals surface area (Å²) in [7, 11) is 1.93. The maximum atomic E-state index is 12.9. The number of carbonyl (C=O) groups excluding carboxylic acids is 2. The topological polar surface area (TPSA) is 163 Å². The normalized spacial score (nSPS) is 12.4. The van der Waals surface area contributed by atoms with Gasteiger partial charge in [0.25, 0.3) is 11.8 Å². The van der Waals surface area contributed by atoms with Crippen LogP contribution in [0.2, 0.25) is 0 Å². The van der Waals surface area contributed by atoms with Gasteiger partial charge in [-0.15, -0.1) is 4.57 Å². The largest absolute Gasteiger partial charge is 0.399 e. The molecular formula is C54H66N9O2+. The molecule has 6 aromatic rings. The van der Waals surface area contributed by atoms with Gasteiger partial charge in [-0.05, 0) is 136 Å². The Kier molecular flexibility index (Phi) is 15.7. The Balaban J connectivity index is 0.817. The van der Waals surface area contributed by atoms with Gasteiger partial charge < -0.3 is 38.1 Å². The van der Waals surface area contributed by atoms with Crippen molar-refractivity contribution in [1.82, 2.24) is 20.9 Å². The third kappa shape index (κ3) is 11.8. The Morgan fingerprint density at radius 3 is 1.63 bits per heavy atom. The lowest BCUT2D eigenvalue weighted by molar-refractivity contribution is -0.537. The van der Waals surface area contributed by atoms with Crippen molar-refractivity contribution in [1.29, 1.82) is 0 Å². The summed E-state index contributed by atoms with van der Waals surface area (Å²) >= 11 is 0. The fraction of sp³-hybridized carbons (Fsp3) is 0.333. The predicted molar refractivity (Wildman–Crippen MR) is 270 cm³/mol. The number of fused-ring (bicyclic) bond motifs is 2. The van der Waals surface area contributed by atoms with Crippen LogP contribution in [0.1, 0.15) is 103 Å². The number of amides is 2. The van der Waals surface area contributed by atoms with E-state index < -0.39 is 0 Å². The molecule has 0 unspecified atom stereocenters. The van der Waals surface area contributed by atoms with Crippen LogP contribution in [-0.4, -0.2) is 50.0 Å². The van der Waals surface area contributed by atoms with Gasteiger partial charge in [-0.25, -0.2) is 4.98 Å². The molecule has 11 nitrogen and oxygen atoms in total. The van der Waals surface area contributed by atoms with E-state index in [2.05, 4.69) is 88.3 Å². The number of allylic oxidation sites excluding steroid dienone is 3. The minimum atomic E-state index is -0.0733. The zero-order valence-corrected chi connectivity index (χ0v) is 38.6. The van der Waals surface area contributed by atoms with Crippen LogP contribution >= 0.6 is 0 Å². The highest BCUT2D eigenvalue weighted by Crippen LogP contribution is 2.29. The van der Waals surface area contributed by atoms with Crippen molar-refractivity contribution in [3.05, 3.63) is 137 Å². The van der Waals surface area contributed by atoms with Crippen LogP contribution in [0.25, 0.3) is 38.9 Å². The predicted octanol–water partition coefficient (Wildman–Crippen LogP) is 10.1. The molecule has 5 aromatic carbocycles. The maximum Gasteiger partial charge on any atom is 0.251 e. The molecule has 0 radical (unpaired) electrons. The lowest BCUT2D eigenvalue weighted by Gasteiger charge is -2.15. The second kappa shape index (κ2) is 22.2. The number of unbranched alkanes of at least 4 members (excludes halogenated alkanes) is 6. The molecule has 0 saturated carbocycles. The maximum absolute atomic E-state index is 12.9. The molecule has 1 aliphatic rings. The summed E-state index contributed by atoms with van der Waals surface area (Å²) in [5, 5.41) is 16.7. The zero-order chi connectivity index (χ0) is 45.7. The SMILES string of the molecule is CNc1cc2c(cc1C)nc1cc(C)c(NCCCCCCNC(=O)c3ccc(-c4ccc(C(=O)NCCCCCCNC5=CCCC=C5C)cc4)cc3)cc1[n+]2-c1ccc(N)cc1N. The van der Waals surface area contributed by atoms with Crippen molar-refractivity contribution in [3.8, 4) is 16.8 Å². The van der Waals surface area contributed by atoms with E-state index in [9.17, 15) is 9.59 Å². The van der Waals surface area contributed by atoms with Gasteiger partial charge in [0.1, 0.15) is 16.7 Å². The second-order valence-corrected chi connectivity index (χ2v) is 17.3. The van der Waals surface area contributed by atoms with Crippen LogP contribution in [0.3, 0.4) is 0 Å². The molecule has 1 aromatic heterocycles. The summed E-state index contributed by atoms with van der Waals surface area (Å²) in [5.74, 6) is -0.123. The zero-order valence-electron chi connectivity index (χ0n) is 38.6. The molecule has 9 N–H and O–H groups in total. The summed E-state index contributed by atoms with van der Waals surface area (Å²) in [5.41, 5.74) is 28.6. The van der Waals surface area contributed by atoms with Crippen LogP contribution in [-0.2, 0) is 0 Å². The number of benzene rings is 5. The Labute approximate surface area is 384 Å². The highest BCUT2D eigenvalue weighted by atomic mass is 16.2. The van der Waals surface area contributed by atoms with Gasteiger partial charge in [-0.3, -0.25) is 9.59 Å². The number of aryl methyl sites for hydroxylation is 2. The molecule has 1 aliphatic carbocycles. The fourth-order valence-electron chi connectivity index (χ4n) is 8.55. The highest BCUT2D eigenvalue weighted by Gasteiger charge is 2.24. The van der Waals surface area contributed by atoms with E-state index in [1.54, 1.807) is 6.07 Å². The number of rotatable bonds is 21. The third-order valence-electron chi connectivity index (χ3n) is 12.4. The monoisotopic (exact) mass is 873 g/mol. The average Bonchev–Trinajstić information content (AvgIpc) is 3.30. The molecule has 0 aliphatic heterocycles. The minimum Gasteiger partial charge on any atom is -0.399 e. The molecule has 338 valence electrons. The summed E-state index contributed by atoms with van der Waals surface area (Å²) in [6, 6.07) is 29.5. The number of nitrogens with zero attached hydrogens (tertiary/aromatic N) is 2. The van der Waals surface area contributed by atoms with Gasteiger partial charge in [-0.2, -0.15) is 0 Å². The van der Waals surface area contributed by atoms with E-state index in [0.717, 1.165) is 139 Å². The Morgan fingerprint density at radius 1 is 0.585 bits per heavy atom. The Bertz CT molecular complexity index is 2690. The number of anilines is 4. The fourth-order valence-corrected chi connectivity index (χ4v) is 8.55. The van der Waals surface area contributed by atoms with Crippen LogP contribution in [0, 0.1) is 13.8 Å². The summed E-state index contributed by atoms with van der Waals surface area (Å²) in [4.78, 5) is 30.8. The van der Waals surface area contributed by atoms with Crippen LogP contribution in [0.4, 0.5) is 22.7 Å². The molecule has 0 spiro atoms. The van der Waals surface area contributed by atoms with Crippen LogP contribution < -0.4 is 42.6 Å². The van der Waals surface area contributed by atoms with Crippen LogP contribution in [0.5, 0.6) is 0 Å². The van der Waals surface area contributed by atoms with E-state index in [-0.39, 0.29) is 11.8 Å². The van der Waals surface area contributed by atoms with Crippen molar-refractivity contribution >= 4 is 56.6 Å². The molecule has 2 amide bonds. The van der Waals surface area contributed by atoms with Crippen molar-refractivity contribution in [2.75, 3.05) is 55.3 Å². The number of hydrogen-bond acceptors (Lipinski definition) is 8. The first-order valence-corrected chi connectivity index (χ1v) is 23.4. The van der Waals surface area contributed by atoms with E-state index in [1.807, 2.05) is 67.7 Å². The second-order valence-electron chi connectivity index (χ2n) is 17.3. The first-order valence-electron chi connectivity index (χ1n) is 23.4. The number of aromatic nitrogens is 2. The van der Waals surface area contributed by atoms with Gasteiger partial charge in [0, 0.05) is 85.3 Å². The van der Waals surface area contributed by atoms with Crippen molar-refractivity contribution < 1.29 is 14.2 Å². The first kappa shape index (κ1) is 46.1. The third-order valence-corrected chi connectivity index (χ3v) is 12.4. The molecule has 0 bridgehead atoms. The van der Waals surface area contributed by atoms with Gasteiger partial charge in [0.15, 0.2) is 0 Å². The molecule has 0 atom stereocenters. The molecule has 11 heteroatoms. The molecule has 1 heterocycles. The van der Waals surface area contributed by atoms with E-state index in [0.29, 0.717) is 35.6 Å². The Morgan fingerprint density at radius 2 is 1.09 bits per heavy atom. The van der Waals surface area contributed by atoms with Crippen LogP contribution in [0.15, 0.2) is 114 Å². The molecule has 0 fully saturated rings. The van der Waals surface area contributed by atoms with Crippen molar-refractivity contribution in [2.24, 2.45) is 0 Å². The quantitative estimate of drug-likeness (QED) is 0.0163. The number of nitrogens with one attached hydrogen (secondary N) is 5. The molecule has 0 saturated heterocycles. The van der Waals surface area contributed by atoms with Gasteiger partial charge in [0.2, 0.25) is 16.7 Å². The van der Waals surface area contributed by atoms with E-state index >= 15 is 0 Å². The minimum absolute atomic E-state index is 0.0500. The lowest BCUT2D eigenvalue weighted by Crippen LogP contribution is -2.34. The highest BCUT2D eigenvalue weighted by molar-refractivity contribution is 5.96. The number of carbonyl (C=O) groups is 2.